The lowest BCUT2D eigenvalue weighted by Crippen LogP contribution is -2.35. The Morgan fingerprint density at radius 3 is 2.70 bits per heavy atom. The first-order chi connectivity index (χ1) is 9.58. The van der Waals surface area contributed by atoms with E-state index in [0.29, 0.717) is 17.9 Å². The average Bonchev–Trinajstić information content (AvgIpc) is 2.43. The van der Waals surface area contributed by atoms with Crippen LogP contribution < -0.4 is 10.1 Å². The number of carbonyl (C=O) groups excluding carboxylic acids is 1. The summed E-state index contributed by atoms with van der Waals surface area (Å²) in [6.07, 6.45) is 2.14. The molecule has 0 saturated carbocycles. The lowest BCUT2D eigenvalue weighted by molar-refractivity contribution is -0.141. The number of aliphatic carboxylic acids is 1. The molecule has 0 fully saturated rings. The van der Waals surface area contributed by atoms with Gasteiger partial charge in [-0.15, -0.1) is 0 Å². The van der Waals surface area contributed by atoms with Gasteiger partial charge < -0.3 is 15.2 Å². The van der Waals surface area contributed by atoms with E-state index in [1.165, 1.54) is 11.8 Å². The first kappa shape index (κ1) is 16.4. The van der Waals surface area contributed by atoms with Crippen LogP contribution in [0.5, 0.6) is 5.75 Å². The largest absolute Gasteiger partial charge is 0.496 e. The summed E-state index contributed by atoms with van der Waals surface area (Å²) < 4.78 is 5.21. The minimum absolute atomic E-state index is 0.118. The number of carboxylic acids is 1. The van der Waals surface area contributed by atoms with Gasteiger partial charge in [-0.2, -0.15) is 11.8 Å². The molecule has 1 amide bonds. The van der Waals surface area contributed by atoms with Crippen LogP contribution in [0.25, 0.3) is 0 Å². The van der Waals surface area contributed by atoms with E-state index in [1.54, 1.807) is 13.2 Å². The molecule has 0 aliphatic carbocycles. The first-order valence-electron chi connectivity index (χ1n) is 6.18. The smallest absolute Gasteiger partial charge is 0.308 e. The zero-order valence-electron chi connectivity index (χ0n) is 11.6. The molecule has 0 bridgehead atoms. The van der Waals surface area contributed by atoms with Crippen molar-refractivity contribution in [1.29, 1.82) is 0 Å². The summed E-state index contributed by atoms with van der Waals surface area (Å²) in [5.41, 5.74) is 0.821. The second-order valence-corrected chi connectivity index (χ2v) is 5.15. The van der Waals surface area contributed by atoms with Gasteiger partial charge in [0.1, 0.15) is 5.75 Å². The number of rotatable bonds is 8. The maximum absolute atomic E-state index is 11.4. The van der Waals surface area contributed by atoms with Crippen molar-refractivity contribution in [3.63, 3.8) is 0 Å². The second-order valence-electron chi connectivity index (χ2n) is 4.29. The summed E-state index contributed by atoms with van der Waals surface area (Å²) >= 11 is 1.40. The van der Waals surface area contributed by atoms with Crippen molar-refractivity contribution in [2.45, 2.75) is 6.42 Å². The highest BCUT2D eigenvalue weighted by molar-refractivity contribution is 7.99. The van der Waals surface area contributed by atoms with Crippen molar-refractivity contribution in [3.8, 4) is 5.75 Å². The fraction of sp³-hybridized carbons (Fsp3) is 0.429. The molecule has 6 heteroatoms. The fourth-order valence-electron chi connectivity index (χ4n) is 1.80. The number of para-hydroxylation sites is 1. The number of hydrogen-bond donors (Lipinski definition) is 2. The molecule has 0 aliphatic rings. The molecule has 0 aromatic heterocycles. The van der Waals surface area contributed by atoms with Crippen LogP contribution in [-0.4, -0.2) is 42.6 Å². The zero-order valence-corrected chi connectivity index (χ0v) is 12.4. The van der Waals surface area contributed by atoms with Gasteiger partial charge in [-0.1, -0.05) is 18.2 Å². The van der Waals surface area contributed by atoms with Crippen LogP contribution in [0, 0.1) is 5.92 Å². The minimum Gasteiger partial charge on any atom is -0.496 e. The molecule has 0 heterocycles. The number of methoxy groups -OCH3 is 1. The van der Waals surface area contributed by atoms with Gasteiger partial charge in [0.25, 0.3) is 0 Å². The predicted molar refractivity (Wildman–Crippen MR) is 79.2 cm³/mol. The first-order valence-corrected chi connectivity index (χ1v) is 7.58. The van der Waals surface area contributed by atoms with Crippen molar-refractivity contribution < 1.29 is 19.4 Å². The van der Waals surface area contributed by atoms with E-state index in [2.05, 4.69) is 5.32 Å². The number of carboxylic acid groups (broad SMARTS) is 1. The lowest BCUT2D eigenvalue weighted by Gasteiger charge is -2.15. The van der Waals surface area contributed by atoms with E-state index in [0.717, 1.165) is 5.56 Å². The van der Waals surface area contributed by atoms with Gasteiger partial charge in [0.2, 0.25) is 5.91 Å². The monoisotopic (exact) mass is 297 g/mol. The van der Waals surface area contributed by atoms with E-state index in [4.69, 9.17) is 4.74 Å². The van der Waals surface area contributed by atoms with Crippen LogP contribution in [-0.2, 0) is 16.0 Å². The fourth-order valence-corrected chi connectivity index (χ4v) is 2.17. The van der Waals surface area contributed by atoms with Gasteiger partial charge >= 0.3 is 5.97 Å². The third kappa shape index (κ3) is 5.13. The number of benzene rings is 1. The molecule has 1 aromatic carbocycles. The average molecular weight is 297 g/mol. The predicted octanol–water partition coefficient (Wildman–Crippen LogP) is 1.42. The summed E-state index contributed by atoms with van der Waals surface area (Å²) in [7, 11) is 1.55. The molecule has 0 spiro atoms. The summed E-state index contributed by atoms with van der Waals surface area (Å²) in [5.74, 6) is -0.753. The number of amides is 1. The molecule has 0 radical (unpaired) electrons. The van der Waals surface area contributed by atoms with Gasteiger partial charge in [-0.05, 0) is 24.3 Å². The molecule has 20 heavy (non-hydrogen) atoms. The maximum Gasteiger partial charge on any atom is 0.308 e. The number of hydrogen-bond acceptors (Lipinski definition) is 4. The molecule has 2 N–H and O–H groups in total. The Bertz CT molecular complexity index is 464. The van der Waals surface area contributed by atoms with Crippen LogP contribution in [0.15, 0.2) is 24.3 Å². The second kappa shape index (κ2) is 8.47. The standard InChI is InChI=1S/C14H19NO4S/c1-19-12-6-4-3-5-10(12)7-11(14(17)18)8-15-13(16)9-20-2/h3-6,11H,7-9H2,1-2H3,(H,15,16)(H,17,18). The normalized spacial score (nSPS) is 11.7. The third-order valence-corrected chi connectivity index (χ3v) is 3.38. The number of nitrogens with one attached hydrogen (secondary N) is 1. The molecule has 0 aliphatic heterocycles. The highest BCUT2D eigenvalue weighted by atomic mass is 32.2. The molecular formula is C14H19NO4S. The quantitative estimate of drug-likeness (QED) is 0.759. The topological polar surface area (TPSA) is 75.6 Å². The molecular weight excluding hydrogens is 278 g/mol. The van der Waals surface area contributed by atoms with Crippen LogP contribution >= 0.6 is 11.8 Å². The SMILES string of the molecule is COc1ccccc1CC(CNC(=O)CSC)C(=O)O. The Labute approximate surface area is 122 Å². The molecule has 1 aromatic rings. The van der Waals surface area contributed by atoms with E-state index in [-0.39, 0.29) is 12.5 Å². The Kier molecular flexibility index (Phi) is 6.93. The third-order valence-electron chi connectivity index (χ3n) is 2.83. The molecule has 1 unspecified atom stereocenters. The van der Waals surface area contributed by atoms with Gasteiger partial charge in [-0.3, -0.25) is 9.59 Å². The molecule has 110 valence electrons. The van der Waals surface area contributed by atoms with Crippen molar-refractivity contribution in [1.82, 2.24) is 5.32 Å². The van der Waals surface area contributed by atoms with Crippen molar-refractivity contribution >= 4 is 23.6 Å². The number of ether oxygens (including phenoxy) is 1. The van der Waals surface area contributed by atoms with Gasteiger partial charge in [-0.25, -0.2) is 0 Å². The highest BCUT2D eigenvalue weighted by Crippen LogP contribution is 2.20. The van der Waals surface area contributed by atoms with Crippen molar-refractivity contribution in [3.05, 3.63) is 29.8 Å². The Morgan fingerprint density at radius 2 is 2.10 bits per heavy atom. The van der Waals surface area contributed by atoms with Crippen LogP contribution in [0.1, 0.15) is 5.56 Å². The van der Waals surface area contributed by atoms with E-state index in [9.17, 15) is 14.7 Å². The summed E-state index contributed by atoms with van der Waals surface area (Å²) in [6, 6.07) is 7.29. The minimum atomic E-state index is -0.930. The van der Waals surface area contributed by atoms with Crippen LogP contribution in [0.3, 0.4) is 0 Å². The number of thioether (sulfide) groups is 1. The Balaban J connectivity index is 2.67. The van der Waals surface area contributed by atoms with Crippen LogP contribution in [0.4, 0.5) is 0 Å². The molecule has 1 atom stereocenters. The summed E-state index contributed by atoms with van der Waals surface area (Å²) in [4.78, 5) is 22.7. The number of carbonyl (C=O) groups is 2. The van der Waals surface area contributed by atoms with Crippen molar-refractivity contribution in [2.75, 3.05) is 25.7 Å². The van der Waals surface area contributed by atoms with Crippen molar-refractivity contribution in [2.24, 2.45) is 5.92 Å². The van der Waals surface area contributed by atoms with Gasteiger partial charge in [0.05, 0.1) is 18.8 Å². The molecule has 0 saturated heterocycles. The van der Waals surface area contributed by atoms with Gasteiger partial charge in [0.15, 0.2) is 0 Å². The van der Waals surface area contributed by atoms with Crippen LogP contribution in [0.2, 0.25) is 0 Å². The maximum atomic E-state index is 11.4. The zero-order chi connectivity index (χ0) is 15.0. The summed E-state index contributed by atoms with van der Waals surface area (Å²) in [6.45, 7) is 0.118. The van der Waals surface area contributed by atoms with E-state index < -0.39 is 11.9 Å². The molecule has 1 rings (SSSR count). The highest BCUT2D eigenvalue weighted by Gasteiger charge is 2.20. The lowest BCUT2D eigenvalue weighted by atomic mass is 9.98. The van der Waals surface area contributed by atoms with Gasteiger partial charge in [0, 0.05) is 6.54 Å². The Hall–Kier alpha value is -1.69. The Morgan fingerprint density at radius 1 is 1.40 bits per heavy atom. The van der Waals surface area contributed by atoms with E-state index in [1.807, 2.05) is 24.5 Å². The summed E-state index contributed by atoms with van der Waals surface area (Å²) in [5, 5.41) is 11.9. The molecule has 5 nitrogen and oxygen atoms in total. The van der Waals surface area contributed by atoms with E-state index >= 15 is 0 Å².